The van der Waals surface area contributed by atoms with Crippen LogP contribution in [0, 0.1) is 0 Å². The third-order valence-corrected chi connectivity index (χ3v) is 4.32. The molecule has 0 radical (unpaired) electrons. The summed E-state index contributed by atoms with van der Waals surface area (Å²) < 4.78 is 4.90. The Balaban J connectivity index is 2.38. The van der Waals surface area contributed by atoms with Crippen LogP contribution in [0.5, 0.6) is 0 Å². The fourth-order valence-corrected chi connectivity index (χ4v) is 3.10. The molecule has 8 nitrogen and oxygen atoms in total. The first-order valence-corrected chi connectivity index (χ1v) is 9.75. The first-order valence-electron chi connectivity index (χ1n) is 8.99. The van der Waals surface area contributed by atoms with Gasteiger partial charge in [-0.15, -0.1) is 0 Å². The van der Waals surface area contributed by atoms with Gasteiger partial charge in [-0.3, -0.25) is 19.2 Å². The number of hydrogen-bond acceptors (Lipinski definition) is 5. The second kappa shape index (κ2) is 11.6. The number of nitrogens with zero attached hydrogens (tertiary/aromatic N) is 1. The van der Waals surface area contributed by atoms with Gasteiger partial charge in [0.05, 0.1) is 17.1 Å². The highest BCUT2D eigenvalue weighted by Crippen LogP contribution is 2.20. The summed E-state index contributed by atoms with van der Waals surface area (Å²) in [6.07, 6.45) is 0. The molecule has 0 spiro atoms. The summed E-state index contributed by atoms with van der Waals surface area (Å²) in [7, 11) is 0. The molecule has 3 amide bonds. The van der Waals surface area contributed by atoms with E-state index in [1.54, 1.807) is 4.90 Å². The molecular weight excluding hydrogens is 421 g/mol. The minimum atomic E-state index is -0.758. The van der Waals surface area contributed by atoms with Gasteiger partial charge < -0.3 is 20.3 Å². The maximum Gasteiger partial charge on any atom is 0.325 e. The standard InChI is InChI=1S/C19H25Cl2N3O5/c1-11(2)24(12(3)4)17(26)10-29-18(27)9-22-16(25)8-23-19(28)14-6-5-13(20)7-15(14)21/h5-7,11-12H,8-10H2,1-4H3,(H,22,25)(H,23,28). The molecule has 0 atom stereocenters. The van der Waals surface area contributed by atoms with Crippen molar-refractivity contribution in [1.29, 1.82) is 0 Å². The molecule has 0 unspecified atom stereocenters. The van der Waals surface area contributed by atoms with E-state index >= 15 is 0 Å². The van der Waals surface area contributed by atoms with Gasteiger partial charge in [0.25, 0.3) is 11.8 Å². The number of nitrogens with one attached hydrogen (secondary N) is 2. The van der Waals surface area contributed by atoms with Crippen molar-refractivity contribution in [3.8, 4) is 0 Å². The van der Waals surface area contributed by atoms with Crippen LogP contribution in [-0.2, 0) is 19.1 Å². The number of hydrogen-bond donors (Lipinski definition) is 2. The summed E-state index contributed by atoms with van der Waals surface area (Å²) in [6.45, 7) is 6.27. The van der Waals surface area contributed by atoms with E-state index < -0.39 is 30.9 Å². The zero-order valence-corrected chi connectivity index (χ0v) is 18.3. The molecule has 2 N–H and O–H groups in total. The Morgan fingerprint density at radius 1 is 1.00 bits per heavy atom. The summed E-state index contributed by atoms with van der Waals surface area (Å²) in [4.78, 5) is 49.3. The van der Waals surface area contributed by atoms with Gasteiger partial charge in [-0.1, -0.05) is 23.2 Å². The first-order chi connectivity index (χ1) is 13.5. The second-order valence-electron chi connectivity index (χ2n) is 6.73. The minimum absolute atomic E-state index is 0.0290. The Kier molecular flexibility index (Phi) is 9.91. The molecule has 160 valence electrons. The number of benzene rings is 1. The predicted molar refractivity (Wildman–Crippen MR) is 110 cm³/mol. The van der Waals surface area contributed by atoms with E-state index in [4.69, 9.17) is 27.9 Å². The third-order valence-electron chi connectivity index (χ3n) is 3.77. The van der Waals surface area contributed by atoms with Gasteiger partial charge in [-0.05, 0) is 45.9 Å². The fourth-order valence-electron chi connectivity index (χ4n) is 2.60. The average molecular weight is 446 g/mol. The van der Waals surface area contributed by atoms with Crippen LogP contribution in [0.3, 0.4) is 0 Å². The Labute approximate surface area is 179 Å². The molecule has 0 aromatic heterocycles. The highest BCUT2D eigenvalue weighted by atomic mass is 35.5. The van der Waals surface area contributed by atoms with Gasteiger partial charge in [0.1, 0.15) is 6.54 Å². The SMILES string of the molecule is CC(C)N(C(=O)COC(=O)CNC(=O)CNC(=O)c1ccc(Cl)cc1Cl)C(C)C. The predicted octanol–water partition coefficient (Wildman–Crippen LogP) is 2.03. The maximum atomic E-state index is 12.1. The lowest BCUT2D eigenvalue weighted by Crippen LogP contribution is -2.45. The van der Waals surface area contributed by atoms with Crippen molar-refractivity contribution in [2.45, 2.75) is 39.8 Å². The van der Waals surface area contributed by atoms with E-state index in [9.17, 15) is 19.2 Å². The molecular formula is C19H25Cl2N3O5. The van der Waals surface area contributed by atoms with E-state index in [-0.39, 0.29) is 35.1 Å². The van der Waals surface area contributed by atoms with Crippen molar-refractivity contribution >= 4 is 46.9 Å². The van der Waals surface area contributed by atoms with Crippen LogP contribution in [-0.4, -0.2) is 60.4 Å². The third kappa shape index (κ3) is 8.29. The quantitative estimate of drug-likeness (QED) is 0.565. The molecule has 0 heterocycles. The zero-order valence-electron chi connectivity index (χ0n) is 16.8. The van der Waals surface area contributed by atoms with E-state index in [0.717, 1.165) is 0 Å². The van der Waals surface area contributed by atoms with Crippen LogP contribution >= 0.6 is 23.2 Å². The molecule has 0 fully saturated rings. The highest BCUT2D eigenvalue weighted by molar-refractivity contribution is 6.36. The Bertz CT molecular complexity index is 760. The van der Waals surface area contributed by atoms with Crippen LogP contribution in [0.2, 0.25) is 10.0 Å². The van der Waals surface area contributed by atoms with Crippen LogP contribution in [0.1, 0.15) is 38.1 Å². The van der Waals surface area contributed by atoms with E-state index in [1.165, 1.54) is 18.2 Å². The lowest BCUT2D eigenvalue weighted by molar-refractivity contribution is -0.153. The highest BCUT2D eigenvalue weighted by Gasteiger charge is 2.21. The van der Waals surface area contributed by atoms with E-state index in [0.29, 0.717) is 5.02 Å². The summed E-state index contributed by atoms with van der Waals surface area (Å²) in [5.41, 5.74) is 0.168. The number of halogens is 2. The lowest BCUT2D eigenvalue weighted by Gasteiger charge is -2.30. The Hall–Kier alpha value is -2.32. The van der Waals surface area contributed by atoms with Crippen LogP contribution in [0.25, 0.3) is 0 Å². The summed E-state index contributed by atoms with van der Waals surface area (Å²) >= 11 is 11.7. The van der Waals surface area contributed by atoms with Gasteiger partial charge in [0.15, 0.2) is 6.61 Å². The van der Waals surface area contributed by atoms with Crippen LogP contribution in [0.4, 0.5) is 0 Å². The normalized spacial score (nSPS) is 10.6. The monoisotopic (exact) mass is 445 g/mol. The number of carbonyl (C=O) groups excluding carboxylic acids is 4. The van der Waals surface area contributed by atoms with Crippen molar-refractivity contribution in [3.63, 3.8) is 0 Å². The van der Waals surface area contributed by atoms with Crippen LogP contribution < -0.4 is 10.6 Å². The molecule has 1 aromatic rings. The molecule has 0 aliphatic heterocycles. The van der Waals surface area contributed by atoms with Crippen LogP contribution in [0.15, 0.2) is 18.2 Å². The molecule has 1 rings (SSSR count). The second-order valence-corrected chi connectivity index (χ2v) is 7.58. The average Bonchev–Trinajstić information content (AvgIpc) is 2.62. The molecule has 10 heteroatoms. The molecule has 0 bridgehead atoms. The number of carbonyl (C=O) groups is 4. The topological polar surface area (TPSA) is 105 Å². The van der Waals surface area contributed by atoms with Gasteiger partial charge >= 0.3 is 5.97 Å². The smallest absolute Gasteiger partial charge is 0.325 e. The molecule has 1 aromatic carbocycles. The van der Waals surface area contributed by atoms with Gasteiger partial charge in [-0.25, -0.2) is 0 Å². The largest absolute Gasteiger partial charge is 0.454 e. The minimum Gasteiger partial charge on any atom is -0.454 e. The van der Waals surface area contributed by atoms with Gasteiger partial charge in [-0.2, -0.15) is 0 Å². The van der Waals surface area contributed by atoms with Gasteiger partial charge in [0.2, 0.25) is 5.91 Å². The van der Waals surface area contributed by atoms with Gasteiger partial charge in [0, 0.05) is 17.1 Å². The van der Waals surface area contributed by atoms with Crippen molar-refractivity contribution in [2.24, 2.45) is 0 Å². The number of amides is 3. The fraction of sp³-hybridized carbons (Fsp3) is 0.474. The summed E-state index contributed by atoms with van der Waals surface area (Å²) in [5.74, 6) is -2.23. The molecule has 29 heavy (non-hydrogen) atoms. The molecule has 0 saturated heterocycles. The molecule has 0 aliphatic carbocycles. The van der Waals surface area contributed by atoms with Crippen molar-refractivity contribution in [1.82, 2.24) is 15.5 Å². The maximum absolute atomic E-state index is 12.1. The van der Waals surface area contributed by atoms with Crippen molar-refractivity contribution in [2.75, 3.05) is 19.7 Å². The first kappa shape index (κ1) is 24.7. The number of ether oxygens (including phenoxy) is 1. The Morgan fingerprint density at radius 2 is 1.62 bits per heavy atom. The van der Waals surface area contributed by atoms with Crippen molar-refractivity contribution < 1.29 is 23.9 Å². The Morgan fingerprint density at radius 3 is 2.17 bits per heavy atom. The molecule has 0 aliphatic rings. The van der Waals surface area contributed by atoms with E-state index in [1.807, 2.05) is 27.7 Å². The number of rotatable bonds is 9. The lowest BCUT2D eigenvalue weighted by atomic mass is 10.2. The summed E-state index contributed by atoms with van der Waals surface area (Å²) in [6, 6.07) is 4.29. The van der Waals surface area contributed by atoms with Crippen molar-refractivity contribution in [3.05, 3.63) is 33.8 Å². The van der Waals surface area contributed by atoms with E-state index in [2.05, 4.69) is 10.6 Å². The zero-order chi connectivity index (χ0) is 22.1. The number of esters is 1. The molecule has 0 saturated carbocycles. The summed E-state index contributed by atoms with van der Waals surface area (Å²) in [5, 5.41) is 5.22.